The summed E-state index contributed by atoms with van der Waals surface area (Å²) in [5.41, 5.74) is 0.379. The van der Waals surface area contributed by atoms with Crippen molar-refractivity contribution in [1.29, 1.82) is 0 Å². The van der Waals surface area contributed by atoms with E-state index in [1.807, 2.05) is 0 Å². The molecule has 0 N–H and O–H groups in total. The lowest BCUT2D eigenvalue weighted by molar-refractivity contribution is -0.136. The van der Waals surface area contributed by atoms with Crippen LogP contribution in [0.15, 0.2) is 18.3 Å². The smallest absolute Gasteiger partial charge is 0.409 e. The highest BCUT2D eigenvalue weighted by molar-refractivity contribution is 5.96. The van der Waals surface area contributed by atoms with Gasteiger partial charge in [-0.2, -0.15) is 0 Å². The molecule has 2 fully saturated rings. The molecule has 28 heavy (non-hydrogen) atoms. The minimum absolute atomic E-state index is 0.275. The summed E-state index contributed by atoms with van der Waals surface area (Å²) >= 11 is 0. The van der Waals surface area contributed by atoms with Gasteiger partial charge in [0.05, 0.1) is 6.61 Å². The largest absolute Gasteiger partial charge is 0.452 e. The summed E-state index contributed by atoms with van der Waals surface area (Å²) < 4.78 is 10.2. The number of nitrogens with zero attached hydrogens (tertiary/aromatic N) is 4. The number of rotatable bonds is 5. The lowest BCUT2D eigenvalue weighted by Crippen LogP contribution is -2.51. The third kappa shape index (κ3) is 4.71. The maximum Gasteiger partial charge on any atom is 0.409 e. The molecule has 3 heterocycles. The van der Waals surface area contributed by atoms with Gasteiger partial charge in [-0.1, -0.05) is 0 Å². The van der Waals surface area contributed by atoms with E-state index in [4.69, 9.17) is 9.47 Å². The average Bonchev–Trinajstić information content (AvgIpc) is 3.27. The first-order chi connectivity index (χ1) is 13.6. The van der Waals surface area contributed by atoms with Crippen LogP contribution in [0.3, 0.4) is 0 Å². The fraction of sp³-hybridized carbons (Fsp3) is 0.579. The molecule has 0 bridgehead atoms. The normalized spacial score (nSPS) is 16.8. The summed E-state index contributed by atoms with van der Waals surface area (Å²) in [7, 11) is 0. The van der Waals surface area contributed by atoms with E-state index in [9.17, 15) is 14.4 Å². The molecule has 1 aromatic heterocycles. The van der Waals surface area contributed by atoms with Crippen LogP contribution in [0.25, 0.3) is 0 Å². The molecular weight excluding hydrogens is 364 g/mol. The van der Waals surface area contributed by atoms with Gasteiger partial charge >= 0.3 is 12.1 Å². The molecule has 9 nitrogen and oxygen atoms in total. The van der Waals surface area contributed by atoms with Crippen molar-refractivity contribution in [2.45, 2.75) is 19.8 Å². The third-order valence-electron chi connectivity index (χ3n) is 4.90. The minimum Gasteiger partial charge on any atom is -0.452 e. The zero-order valence-corrected chi connectivity index (χ0v) is 16.1. The molecule has 1 aromatic rings. The van der Waals surface area contributed by atoms with Crippen LogP contribution in [-0.4, -0.2) is 85.2 Å². The summed E-state index contributed by atoms with van der Waals surface area (Å²) in [4.78, 5) is 46.1. The van der Waals surface area contributed by atoms with Gasteiger partial charge in [0.15, 0.2) is 6.61 Å². The summed E-state index contributed by atoms with van der Waals surface area (Å²) in [5, 5.41) is 0. The molecule has 9 heteroatoms. The molecule has 0 aromatic carbocycles. The fourth-order valence-electron chi connectivity index (χ4n) is 3.39. The SMILES string of the molecule is CCOC(=O)N1CCN(C(=O)COC(=O)c2cccnc2N2CCCC2)CC1. The molecule has 0 atom stereocenters. The van der Waals surface area contributed by atoms with Crippen LogP contribution < -0.4 is 4.90 Å². The zero-order chi connectivity index (χ0) is 19.9. The topological polar surface area (TPSA) is 92.3 Å². The zero-order valence-electron chi connectivity index (χ0n) is 16.1. The number of hydrogen-bond acceptors (Lipinski definition) is 7. The van der Waals surface area contributed by atoms with Crippen LogP contribution in [0.4, 0.5) is 10.6 Å². The first kappa shape index (κ1) is 19.9. The monoisotopic (exact) mass is 390 g/mol. The van der Waals surface area contributed by atoms with Gasteiger partial charge < -0.3 is 24.2 Å². The van der Waals surface area contributed by atoms with Crippen LogP contribution in [-0.2, 0) is 14.3 Å². The van der Waals surface area contributed by atoms with Gasteiger partial charge in [-0.25, -0.2) is 14.6 Å². The summed E-state index contributed by atoms with van der Waals surface area (Å²) in [6.07, 6.45) is 3.42. The quantitative estimate of drug-likeness (QED) is 0.696. The van der Waals surface area contributed by atoms with E-state index >= 15 is 0 Å². The number of piperazine rings is 1. The van der Waals surface area contributed by atoms with Gasteiger partial charge in [0.1, 0.15) is 11.4 Å². The van der Waals surface area contributed by atoms with E-state index < -0.39 is 5.97 Å². The summed E-state index contributed by atoms with van der Waals surface area (Å²) in [5.74, 6) is -0.211. The Bertz CT molecular complexity index is 712. The number of carbonyl (C=O) groups is 3. The van der Waals surface area contributed by atoms with Gasteiger partial charge in [-0.3, -0.25) is 4.79 Å². The fourth-order valence-corrected chi connectivity index (χ4v) is 3.39. The van der Waals surface area contributed by atoms with Crippen LogP contribution in [0.1, 0.15) is 30.1 Å². The summed E-state index contributed by atoms with van der Waals surface area (Å²) in [6, 6.07) is 3.36. The van der Waals surface area contributed by atoms with Gasteiger partial charge in [-0.05, 0) is 31.9 Å². The number of amides is 2. The highest BCUT2D eigenvalue weighted by Gasteiger charge is 2.26. The molecule has 0 spiro atoms. The Hall–Kier alpha value is -2.84. The Morgan fingerprint density at radius 1 is 1.00 bits per heavy atom. The van der Waals surface area contributed by atoms with Crippen molar-refractivity contribution in [2.75, 3.05) is 57.4 Å². The van der Waals surface area contributed by atoms with Crippen molar-refractivity contribution in [3.05, 3.63) is 23.9 Å². The number of anilines is 1. The number of hydrogen-bond donors (Lipinski definition) is 0. The molecular formula is C19H26N4O5. The van der Waals surface area contributed by atoms with Crippen molar-refractivity contribution in [3.8, 4) is 0 Å². The van der Waals surface area contributed by atoms with Crippen LogP contribution in [0, 0.1) is 0 Å². The Morgan fingerprint density at radius 2 is 1.68 bits per heavy atom. The molecule has 152 valence electrons. The maximum absolute atomic E-state index is 12.5. The Morgan fingerprint density at radius 3 is 2.36 bits per heavy atom. The number of carbonyl (C=O) groups excluding carboxylic acids is 3. The van der Waals surface area contributed by atoms with Crippen molar-refractivity contribution in [2.24, 2.45) is 0 Å². The molecule has 0 aliphatic carbocycles. The molecule has 0 radical (unpaired) electrons. The maximum atomic E-state index is 12.5. The minimum atomic E-state index is -0.548. The molecule has 2 aliphatic heterocycles. The molecule has 2 aliphatic rings. The second-order valence-corrected chi connectivity index (χ2v) is 6.71. The number of pyridine rings is 1. The Balaban J connectivity index is 1.50. The predicted molar refractivity (Wildman–Crippen MR) is 101 cm³/mol. The van der Waals surface area contributed by atoms with Crippen molar-refractivity contribution < 1.29 is 23.9 Å². The second kappa shape index (κ2) is 9.38. The first-order valence-electron chi connectivity index (χ1n) is 9.66. The van der Waals surface area contributed by atoms with Gasteiger partial charge in [0.2, 0.25) is 0 Å². The van der Waals surface area contributed by atoms with Gasteiger partial charge in [0, 0.05) is 45.5 Å². The molecule has 0 unspecified atom stereocenters. The van der Waals surface area contributed by atoms with E-state index in [1.165, 1.54) is 0 Å². The molecule has 2 saturated heterocycles. The molecule has 3 rings (SSSR count). The van der Waals surface area contributed by atoms with E-state index in [1.54, 1.807) is 35.1 Å². The van der Waals surface area contributed by atoms with Gasteiger partial charge in [0.25, 0.3) is 5.91 Å². The number of aromatic nitrogens is 1. The van der Waals surface area contributed by atoms with E-state index in [-0.39, 0.29) is 18.6 Å². The lowest BCUT2D eigenvalue weighted by Gasteiger charge is -2.33. The number of esters is 1. The second-order valence-electron chi connectivity index (χ2n) is 6.71. The van der Waals surface area contributed by atoms with Crippen LogP contribution in [0.5, 0.6) is 0 Å². The lowest BCUT2D eigenvalue weighted by atomic mass is 10.2. The molecule has 0 saturated carbocycles. The third-order valence-corrected chi connectivity index (χ3v) is 4.90. The van der Waals surface area contributed by atoms with E-state index in [0.29, 0.717) is 44.2 Å². The van der Waals surface area contributed by atoms with E-state index in [0.717, 1.165) is 25.9 Å². The highest BCUT2D eigenvalue weighted by atomic mass is 16.6. The average molecular weight is 390 g/mol. The van der Waals surface area contributed by atoms with Gasteiger partial charge in [-0.15, -0.1) is 0 Å². The number of ether oxygens (including phenoxy) is 2. The standard InChI is InChI=1S/C19H26N4O5/c1-2-27-19(26)23-12-10-21(11-13-23)16(24)14-28-18(25)15-6-5-7-20-17(15)22-8-3-4-9-22/h5-7H,2-4,8-14H2,1H3. The van der Waals surface area contributed by atoms with E-state index in [2.05, 4.69) is 9.88 Å². The predicted octanol–water partition coefficient (Wildman–Crippen LogP) is 1.14. The Kier molecular flexibility index (Phi) is 6.67. The van der Waals surface area contributed by atoms with Crippen molar-refractivity contribution >= 4 is 23.8 Å². The summed E-state index contributed by atoms with van der Waals surface area (Å²) in [6.45, 7) is 5.06. The Labute approximate surface area is 164 Å². The van der Waals surface area contributed by atoms with Crippen molar-refractivity contribution in [3.63, 3.8) is 0 Å². The van der Waals surface area contributed by atoms with Crippen molar-refractivity contribution in [1.82, 2.24) is 14.8 Å². The van der Waals surface area contributed by atoms with Crippen LogP contribution >= 0.6 is 0 Å². The highest BCUT2D eigenvalue weighted by Crippen LogP contribution is 2.22. The van der Waals surface area contributed by atoms with Crippen LogP contribution in [0.2, 0.25) is 0 Å². The molecule has 2 amide bonds. The first-order valence-corrected chi connectivity index (χ1v) is 9.66.